The minimum absolute atomic E-state index is 0.283. The molecule has 0 amide bonds. The van der Waals surface area contributed by atoms with Crippen molar-refractivity contribution in [2.24, 2.45) is 0 Å². The van der Waals surface area contributed by atoms with Crippen LogP contribution in [0.25, 0.3) is 0 Å². The standard InChI is InChI=1S/C14H22FN3O/c1-3-17(4-2)12-6-8-18(9-12)14-13(15)11(10-19)5-7-16-14/h5,7,12,19H,3-4,6,8-10H2,1-2H3. The van der Waals surface area contributed by atoms with E-state index in [1.54, 1.807) is 6.20 Å². The molecule has 2 rings (SSSR count). The Balaban J connectivity index is 2.13. The van der Waals surface area contributed by atoms with Gasteiger partial charge in [-0.2, -0.15) is 0 Å². The largest absolute Gasteiger partial charge is 0.392 e. The first-order valence-corrected chi connectivity index (χ1v) is 6.94. The second-order valence-electron chi connectivity index (χ2n) is 4.88. The molecule has 1 aliphatic rings. The number of likely N-dealkylation sites (N-methyl/N-ethyl adjacent to an activating group) is 1. The normalized spacial score (nSPS) is 19.4. The summed E-state index contributed by atoms with van der Waals surface area (Å²) in [7, 11) is 0. The van der Waals surface area contributed by atoms with E-state index in [1.165, 1.54) is 6.07 Å². The Morgan fingerprint density at radius 2 is 2.21 bits per heavy atom. The first-order valence-electron chi connectivity index (χ1n) is 6.94. The summed E-state index contributed by atoms with van der Waals surface area (Å²) in [5, 5.41) is 9.11. The number of hydrogen-bond acceptors (Lipinski definition) is 4. The lowest BCUT2D eigenvalue weighted by atomic mass is 10.2. The van der Waals surface area contributed by atoms with Crippen LogP contribution in [-0.2, 0) is 6.61 Å². The zero-order valence-electron chi connectivity index (χ0n) is 11.6. The summed E-state index contributed by atoms with van der Waals surface area (Å²) in [5.41, 5.74) is 0.316. The van der Waals surface area contributed by atoms with Crippen molar-refractivity contribution in [3.8, 4) is 0 Å². The monoisotopic (exact) mass is 267 g/mol. The molecule has 5 heteroatoms. The van der Waals surface area contributed by atoms with E-state index in [0.29, 0.717) is 17.4 Å². The highest BCUT2D eigenvalue weighted by atomic mass is 19.1. The molecule has 1 atom stereocenters. The molecule has 0 saturated carbocycles. The number of aromatic nitrogens is 1. The summed E-state index contributed by atoms with van der Waals surface area (Å²) < 4.78 is 14.1. The number of nitrogens with zero attached hydrogens (tertiary/aromatic N) is 3. The Hall–Kier alpha value is -1.20. The zero-order chi connectivity index (χ0) is 13.8. The highest BCUT2D eigenvalue weighted by molar-refractivity contribution is 5.44. The SMILES string of the molecule is CCN(CC)C1CCN(c2nccc(CO)c2F)C1. The van der Waals surface area contributed by atoms with Gasteiger partial charge in [-0.05, 0) is 25.6 Å². The van der Waals surface area contributed by atoms with Gasteiger partial charge in [0.25, 0.3) is 0 Å². The van der Waals surface area contributed by atoms with Gasteiger partial charge in [-0.3, -0.25) is 4.90 Å². The van der Waals surface area contributed by atoms with E-state index >= 15 is 0 Å². The van der Waals surface area contributed by atoms with Gasteiger partial charge in [0.05, 0.1) is 6.61 Å². The van der Waals surface area contributed by atoms with Crippen LogP contribution in [0.15, 0.2) is 12.3 Å². The molecule has 1 aliphatic heterocycles. The van der Waals surface area contributed by atoms with Crippen LogP contribution >= 0.6 is 0 Å². The van der Waals surface area contributed by atoms with Crippen molar-refractivity contribution in [3.63, 3.8) is 0 Å². The molecule has 106 valence electrons. The summed E-state index contributed by atoms with van der Waals surface area (Å²) >= 11 is 0. The summed E-state index contributed by atoms with van der Waals surface area (Å²) in [5.74, 6) is -0.00796. The van der Waals surface area contributed by atoms with Gasteiger partial charge >= 0.3 is 0 Å². The van der Waals surface area contributed by atoms with Crippen LogP contribution in [0.3, 0.4) is 0 Å². The van der Waals surface area contributed by atoms with Crippen molar-refractivity contribution in [1.82, 2.24) is 9.88 Å². The number of hydrogen-bond donors (Lipinski definition) is 1. The van der Waals surface area contributed by atoms with Crippen LogP contribution < -0.4 is 4.90 Å². The molecule has 0 bridgehead atoms. The summed E-state index contributed by atoms with van der Waals surface area (Å²) in [6.07, 6.45) is 2.60. The number of rotatable bonds is 5. The molecular formula is C14H22FN3O. The van der Waals surface area contributed by atoms with E-state index in [-0.39, 0.29) is 12.4 Å². The van der Waals surface area contributed by atoms with Crippen molar-refractivity contribution in [2.75, 3.05) is 31.1 Å². The van der Waals surface area contributed by atoms with Crippen LogP contribution in [0.5, 0.6) is 0 Å². The number of anilines is 1. The van der Waals surface area contributed by atoms with Crippen LogP contribution in [0, 0.1) is 5.82 Å². The van der Waals surface area contributed by atoms with Gasteiger partial charge in [0.15, 0.2) is 11.6 Å². The molecule has 1 unspecified atom stereocenters. The third-order valence-corrected chi connectivity index (χ3v) is 3.91. The predicted molar refractivity (Wildman–Crippen MR) is 73.7 cm³/mol. The van der Waals surface area contributed by atoms with Gasteiger partial charge in [-0.25, -0.2) is 9.37 Å². The third kappa shape index (κ3) is 2.87. The number of aliphatic hydroxyl groups is 1. The topological polar surface area (TPSA) is 39.6 Å². The van der Waals surface area contributed by atoms with Crippen molar-refractivity contribution in [3.05, 3.63) is 23.6 Å². The second kappa shape index (κ2) is 6.30. The summed E-state index contributed by atoms with van der Waals surface area (Å²) in [4.78, 5) is 8.52. The minimum Gasteiger partial charge on any atom is -0.392 e. The maximum Gasteiger partial charge on any atom is 0.171 e. The van der Waals surface area contributed by atoms with Gasteiger partial charge in [-0.15, -0.1) is 0 Å². The Kier molecular flexibility index (Phi) is 4.71. The van der Waals surface area contributed by atoms with E-state index < -0.39 is 0 Å². The van der Waals surface area contributed by atoms with Crippen LogP contribution in [0.2, 0.25) is 0 Å². The molecule has 4 nitrogen and oxygen atoms in total. The van der Waals surface area contributed by atoms with Gasteiger partial charge in [0.1, 0.15) is 0 Å². The molecule has 1 fully saturated rings. The lowest BCUT2D eigenvalue weighted by Crippen LogP contribution is -2.37. The Bertz CT molecular complexity index is 423. The van der Waals surface area contributed by atoms with Crippen LogP contribution in [0.1, 0.15) is 25.8 Å². The molecule has 1 N–H and O–H groups in total. The van der Waals surface area contributed by atoms with Crippen molar-refractivity contribution in [2.45, 2.75) is 32.9 Å². The van der Waals surface area contributed by atoms with Crippen molar-refractivity contribution < 1.29 is 9.50 Å². The molecule has 2 heterocycles. The molecule has 1 aromatic heterocycles. The number of halogens is 1. The van der Waals surface area contributed by atoms with Crippen LogP contribution in [0.4, 0.5) is 10.2 Å². The fourth-order valence-corrected chi connectivity index (χ4v) is 2.79. The summed E-state index contributed by atoms with van der Waals surface area (Å²) in [6, 6.07) is 1.99. The van der Waals surface area contributed by atoms with E-state index in [2.05, 4.69) is 23.7 Å². The van der Waals surface area contributed by atoms with Crippen molar-refractivity contribution in [1.29, 1.82) is 0 Å². The molecule has 0 spiro atoms. The van der Waals surface area contributed by atoms with Crippen LogP contribution in [-0.4, -0.2) is 47.2 Å². The molecule has 1 saturated heterocycles. The quantitative estimate of drug-likeness (QED) is 0.880. The smallest absolute Gasteiger partial charge is 0.171 e. The maximum absolute atomic E-state index is 14.1. The predicted octanol–water partition coefficient (Wildman–Crippen LogP) is 1.63. The van der Waals surface area contributed by atoms with Crippen molar-refractivity contribution >= 4 is 5.82 Å². The minimum atomic E-state index is -0.384. The van der Waals surface area contributed by atoms with E-state index in [1.807, 2.05) is 4.90 Å². The number of aliphatic hydroxyl groups excluding tert-OH is 1. The van der Waals surface area contributed by atoms with Gasteiger partial charge in [-0.1, -0.05) is 13.8 Å². The Morgan fingerprint density at radius 1 is 1.47 bits per heavy atom. The van der Waals surface area contributed by atoms with Gasteiger partial charge in [0.2, 0.25) is 0 Å². The van der Waals surface area contributed by atoms with E-state index in [9.17, 15) is 4.39 Å². The average molecular weight is 267 g/mol. The van der Waals surface area contributed by atoms with Gasteiger partial charge in [0, 0.05) is 30.9 Å². The zero-order valence-corrected chi connectivity index (χ0v) is 11.6. The lowest BCUT2D eigenvalue weighted by Gasteiger charge is -2.26. The molecule has 0 radical (unpaired) electrons. The number of pyridine rings is 1. The highest BCUT2D eigenvalue weighted by Crippen LogP contribution is 2.25. The second-order valence-corrected chi connectivity index (χ2v) is 4.88. The van der Waals surface area contributed by atoms with Gasteiger partial charge < -0.3 is 10.0 Å². The van der Waals surface area contributed by atoms with E-state index in [0.717, 1.165) is 32.6 Å². The average Bonchev–Trinajstić information content (AvgIpc) is 2.90. The molecule has 1 aromatic rings. The first-order chi connectivity index (χ1) is 9.21. The lowest BCUT2D eigenvalue weighted by molar-refractivity contribution is 0.232. The van der Waals surface area contributed by atoms with E-state index in [4.69, 9.17) is 5.11 Å². The Labute approximate surface area is 113 Å². The third-order valence-electron chi connectivity index (χ3n) is 3.91. The first kappa shape index (κ1) is 14.2. The highest BCUT2D eigenvalue weighted by Gasteiger charge is 2.28. The molecule has 0 aliphatic carbocycles. The Morgan fingerprint density at radius 3 is 2.84 bits per heavy atom. The fraction of sp³-hybridized carbons (Fsp3) is 0.643. The fourth-order valence-electron chi connectivity index (χ4n) is 2.79. The molecule has 0 aromatic carbocycles. The molecular weight excluding hydrogens is 245 g/mol. The maximum atomic E-state index is 14.1. The summed E-state index contributed by atoms with van der Waals surface area (Å²) in [6.45, 7) is 7.67. The molecule has 19 heavy (non-hydrogen) atoms.